The Labute approximate surface area is 106 Å². The average Bonchev–Trinajstić information content (AvgIpc) is 2.30. The molecule has 0 rings (SSSR count). The van der Waals surface area contributed by atoms with E-state index in [1.165, 1.54) is 4.31 Å². The maximum Gasteiger partial charge on any atom is 0.230 e. The van der Waals surface area contributed by atoms with Crippen molar-refractivity contribution in [1.29, 1.82) is 5.26 Å². The SMILES string of the molecule is CCCCN(C(C)CC)S(=O)(=O)C(C#N)CC. The standard InChI is InChI=1S/C12H24N2O2S/c1-5-8-9-14(11(4)6-2)17(15,16)12(7-3)10-13/h11-12H,5-9H2,1-4H3. The van der Waals surface area contributed by atoms with Crippen LogP contribution in [0.5, 0.6) is 0 Å². The fourth-order valence-electron chi connectivity index (χ4n) is 1.65. The molecule has 0 aromatic rings. The van der Waals surface area contributed by atoms with Gasteiger partial charge < -0.3 is 0 Å². The summed E-state index contributed by atoms with van der Waals surface area (Å²) < 4.78 is 26.1. The van der Waals surface area contributed by atoms with Crippen LogP contribution < -0.4 is 0 Å². The summed E-state index contributed by atoms with van der Waals surface area (Å²) >= 11 is 0. The second-order valence-electron chi connectivity index (χ2n) is 4.29. The van der Waals surface area contributed by atoms with E-state index in [0.29, 0.717) is 13.0 Å². The van der Waals surface area contributed by atoms with Crippen LogP contribution in [0.4, 0.5) is 0 Å². The van der Waals surface area contributed by atoms with E-state index in [0.717, 1.165) is 19.3 Å². The molecule has 100 valence electrons. The van der Waals surface area contributed by atoms with Gasteiger partial charge >= 0.3 is 0 Å². The molecule has 2 unspecified atom stereocenters. The van der Waals surface area contributed by atoms with Crippen LogP contribution in [0.25, 0.3) is 0 Å². The third-order valence-corrected chi connectivity index (χ3v) is 5.37. The highest BCUT2D eigenvalue weighted by molar-refractivity contribution is 7.90. The molecule has 0 bridgehead atoms. The molecule has 5 heteroatoms. The average molecular weight is 260 g/mol. The van der Waals surface area contributed by atoms with E-state index in [-0.39, 0.29) is 6.04 Å². The molecule has 0 aliphatic heterocycles. The maximum atomic E-state index is 12.3. The molecule has 0 N–H and O–H groups in total. The van der Waals surface area contributed by atoms with E-state index < -0.39 is 15.3 Å². The summed E-state index contributed by atoms with van der Waals surface area (Å²) in [6.07, 6.45) is 2.90. The highest BCUT2D eigenvalue weighted by Gasteiger charge is 2.32. The van der Waals surface area contributed by atoms with E-state index >= 15 is 0 Å². The van der Waals surface area contributed by atoms with Crippen molar-refractivity contribution in [2.24, 2.45) is 0 Å². The summed E-state index contributed by atoms with van der Waals surface area (Å²) in [5.41, 5.74) is 0. The molecule has 0 saturated carbocycles. The molecule has 0 heterocycles. The van der Waals surface area contributed by atoms with Gasteiger partial charge in [-0.1, -0.05) is 27.2 Å². The lowest BCUT2D eigenvalue weighted by atomic mass is 10.2. The smallest absolute Gasteiger partial charge is 0.211 e. The minimum absolute atomic E-state index is 0.0334. The molecule has 2 atom stereocenters. The third-order valence-electron chi connectivity index (χ3n) is 3.02. The van der Waals surface area contributed by atoms with Crippen LogP contribution in [0, 0.1) is 11.3 Å². The lowest BCUT2D eigenvalue weighted by Gasteiger charge is -2.29. The van der Waals surface area contributed by atoms with Crippen molar-refractivity contribution in [3.05, 3.63) is 0 Å². The fraction of sp³-hybridized carbons (Fsp3) is 0.917. The van der Waals surface area contributed by atoms with Gasteiger partial charge in [-0.25, -0.2) is 8.42 Å². The summed E-state index contributed by atoms with van der Waals surface area (Å²) in [5, 5.41) is 8.03. The van der Waals surface area contributed by atoms with E-state index in [1.54, 1.807) is 6.92 Å². The van der Waals surface area contributed by atoms with Gasteiger partial charge in [-0.2, -0.15) is 9.57 Å². The van der Waals surface area contributed by atoms with Gasteiger partial charge in [-0.3, -0.25) is 0 Å². The zero-order chi connectivity index (χ0) is 13.5. The summed E-state index contributed by atoms with van der Waals surface area (Å²) in [6.45, 7) is 8.15. The first kappa shape index (κ1) is 16.4. The second-order valence-corrected chi connectivity index (χ2v) is 6.36. The number of rotatable bonds is 8. The fourth-order valence-corrected chi connectivity index (χ4v) is 3.56. The Hall–Kier alpha value is -0.600. The molecule has 0 aliphatic carbocycles. The first-order valence-electron chi connectivity index (χ1n) is 6.35. The largest absolute Gasteiger partial charge is 0.230 e. The van der Waals surface area contributed by atoms with E-state index in [9.17, 15) is 8.42 Å². The Kier molecular flexibility index (Phi) is 7.40. The quantitative estimate of drug-likeness (QED) is 0.673. The molecule has 0 radical (unpaired) electrons. The lowest BCUT2D eigenvalue weighted by molar-refractivity contribution is 0.322. The van der Waals surface area contributed by atoms with Crippen molar-refractivity contribution in [2.75, 3.05) is 6.54 Å². The highest BCUT2D eigenvalue weighted by atomic mass is 32.2. The van der Waals surface area contributed by atoms with Gasteiger partial charge in [0.25, 0.3) is 0 Å². The normalized spacial score (nSPS) is 15.5. The van der Waals surface area contributed by atoms with Crippen LogP contribution in [0.3, 0.4) is 0 Å². The predicted octanol–water partition coefficient (Wildman–Crippen LogP) is 2.52. The van der Waals surface area contributed by atoms with Crippen LogP contribution in [-0.4, -0.2) is 30.6 Å². The minimum Gasteiger partial charge on any atom is -0.211 e. The number of hydrogen-bond acceptors (Lipinski definition) is 3. The summed E-state index contributed by atoms with van der Waals surface area (Å²) in [6, 6.07) is 1.86. The molecule has 0 fully saturated rings. The van der Waals surface area contributed by atoms with Crippen LogP contribution in [-0.2, 0) is 10.0 Å². The van der Waals surface area contributed by atoms with Gasteiger partial charge in [0.15, 0.2) is 5.25 Å². The molecule has 0 aromatic carbocycles. The zero-order valence-corrected chi connectivity index (χ0v) is 12.1. The van der Waals surface area contributed by atoms with Crippen LogP contribution >= 0.6 is 0 Å². The predicted molar refractivity (Wildman–Crippen MR) is 70.0 cm³/mol. The maximum absolute atomic E-state index is 12.3. The molecule has 0 saturated heterocycles. The highest BCUT2D eigenvalue weighted by Crippen LogP contribution is 2.18. The lowest BCUT2D eigenvalue weighted by Crippen LogP contribution is -2.43. The molecular weight excluding hydrogens is 236 g/mol. The van der Waals surface area contributed by atoms with Crippen LogP contribution in [0.1, 0.15) is 53.4 Å². The minimum atomic E-state index is -3.47. The first-order chi connectivity index (χ1) is 7.95. The van der Waals surface area contributed by atoms with Crippen molar-refractivity contribution in [2.45, 2.75) is 64.7 Å². The molecule has 0 spiro atoms. The Morgan fingerprint density at radius 3 is 2.18 bits per heavy atom. The molecule has 17 heavy (non-hydrogen) atoms. The molecular formula is C12H24N2O2S. The zero-order valence-electron chi connectivity index (χ0n) is 11.3. The number of hydrogen-bond donors (Lipinski definition) is 0. The number of sulfonamides is 1. The molecule has 4 nitrogen and oxygen atoms in total. The van der Waals surface area contributed by atoms with Crippen molar-refractivity contribution in [3.8, 4) is 6.07 Å². The first-order valence-corrected chi connectivity index (χ1v) is 7.86. The summed E-state index contributed by atoms with van der Waals surface area (Å²) in [5.74, 6) is 0. The van der Waals surface area contributed by atoms with Gasteiger partial charge in [0.05, 0.1) is 6.07 Å². The van der Waals surface area contributed by atoms with E-state index in [2.05, 4.69) is 0 Å². The molecule has 0 amide bonds. The van der Waals surface area contributed by atoms with Gasteiger partial charge in [-0.15, -0.1) is 0 Å². The Morgan fingerprint density at radius 1 is 1.24 bits per heavy atom. The summed E-state index contributed by atoms with van der Waals surface area (Å²) in [4.78, 5) is 0. The second kappa shape index (κ2) is 7.67. The van der Waals surface area contributed by atoms with Gasteiger partial charge in [-0.05, 0) is 26.2 Å². The van der Waals surface area contributed by atoms with Gasteiger partial charge in [0.2, 0.25) is 10.0 Å². The molecule has 0 aromatic heterocycles. The van der Waals surface area contributed by atoms with Gasteiger partial charge in [0.1, 0.15) is 0 Å². The number of unbranched alkanes of at least 4 members (excludes halogenated alkanes) is 1. The summed E-state index contributed by atoms with van der Waals surface area (Å²) in [7, 11) is -3.47. The van der Waals surface area contributed by atoms with Crippen LogP contribution in [0.2, 0.25) is 0 Å². The molecule has 0 aliphatic rings. The van der Waals surface area contributed by atoms with Crippen molar-refractivity contribution in [1.82, 2.24) is 4.31 Å². The Bertz CT molecular complexity index is 346. The van der Waals surface area contributed by atoms with E-state index in [4.69, 9.17) is 5.26 Å². The van der Waals surface area contributed by atoms with Gasteiger partial charge in [0, 0.05) is 12.6 Å². The van der Waals surface area contributed by atoms with Crippen molar-refractivity contribution < 1.29 is 8.42 Å². The topological polar surface area (TPSA) is 61.2 Å². The van der Waals surface area contributed by atoms with Crippen LogP contribution in [0.15, 0.2) is 0 Å². The third kappa shape index (κ3) is 4.29. The Morgan fingerprint density at radius 2 is 1.82 bits per heavy atom. The van der Waals surface area contributed by atoms with E-state index in [1.807, 2.05) is 26.8 Å². The monoisotopic (exact) mass is 260 g/mol. The number of nitriles is 1. The number of nitrogens with zero attached hydrogens (tertiary/aromatic N) is 2. The Balaban J connectivity index is 5.08. The van der Waals surface area contributed by atoms with Crippen molar-refractivity contribution >= 4 is 10.0 Å². The van der Waals surface area contributed by atoms with Crippen molar-refractivity contribution in [3.63, 3.8) is 0 Å².